The number of carbonyl (C=O) groups is 1. The maximum Gasteiger partial charge on any atom is 0.343 e. The van der Waals surface area contributed by atoms with E-state index in [1.807, 2.05) is 0 Å². The number of hydrogen-bond acceptors (Lipinski definition) is 6. The van der Waals surface area contributed by atoms with E-state index in [1.54, 1.807) is 6.92 Å². The van der Waals surface area contributed by atoms with Crippen LogP contribution in [-0.2, 0) is 4.74 Å². The summed E-state index contributed by atoms with van der Waals surface area (Å²) in [7, 11) is 1.29. The van der Waals surface area contributed by atoms with Gasteiger partial charge in [-0.15, -0.1) is 0 Å². The number of hydrogen-bond donors (Lipinski definition) is 0. The number of ether oxygens (including phenoxy) is 1. The zero-order chi connectivity index (χ0) is 10.8. The summed E-state index contributed by atoms with van der Waals surface area (Å²) in [4.78, 5) is 15.2. The van der Waals surface area contributed by atoms with Gasteiger partial charge in [-0.2, -0.15) is 0 Å². The van der Waals surface area contributed by atoms with Gasteiger partial charge in [-0.3, -0.25) is 0 Å². The van der Waals surface area contributed by atoms with Gasteiger partial charge in [0.1, 0.15) is 11.3 Å². The third-order valence-electron chi connectivity index (χ3n) is 1.92. The second kappa shape index (κ2) is 3.56. The van der Waals surface area contributed by atoms with Crippen molar-refractivity contribution in [2.45, 2.75) is 6.92 Å². The van der Waals surface area contributed by atoms with Crippen molar-refractivity contribution in [3.05, 3.63) is 23.9 Å². The molecule has 0 bridgehead atoms. The van der Waals surface area contributed by atoms with Gasteiger partial charge < -0.3 is 13.7 Å². The molecule has 0 radical (unpaired) electrons. The van der Waals surface area contributed by atoms with Gasteiger partial charge in [0.05, 0.1) is 13.3 Å². The molecule has 2 heterocycles. The highest BCUT2D eigenvalue weighted by Gasteiger charge is 2.23. The molecule has 15 heavy (non-hydrogen) atoms. The Labute approximate surface area is 84.8 Å². The Bertz CT molecular complexity index is 472. The van der Waals surface area contributed by atoms with Gasteiger partial charge in [0.15, 0.2) is 17.8 Å². The van der Waals surface area contributed by atoms with Crippen molar-refractivity contribution in [3.63, 3.8) is 0 Å². The molecule has 6 heteroatoms. The minimum atomic E-state index is -0.514. The van der Waals surface area contributed by atoms with Crippen molar-refractivity contribution in [1.82, 2.24) is 10.1 Å². The van der Waals surface area contributed by atoms with Crippen molar-refractivity contribution in [2.24, 2.45) is 0 Å². The SMILES string of the molecule is COC(=O)c1c(-c2cnco2)noc1C. The summed E-state index contributed by atoms with van der Waals surface area (Å²) in [6.45, 7) is 1.62. The normalized spacial score (nSPS) is 10.3. The molecule has 0 N–H and O–H groups in total. The number of nitrogens with zero attached hydrogens (tertiary/aromatic N) is 2. The number of esters is 1. The first-order valence-electron chi connectivity index (χ1n) is 4.17. The zero-order valence-corrected chi connectivity index (χ0v) is 8.18. The largest absolute Gasteiger partial charge is 0.465 e. The molecule has 0 aliphatic heterocycles. The fourth-order valence-corrected chi connectivity index (χ4v) is 1.22. The first kappa shape index (κ1) is 9.45. The van der Waals surface area contributed by atoms with E-state index in [9.17, 15) is 4.79 Å². The summed E-state index contributed by atoms with van der Waals surface area (Å²) in [5, 5.41) is 3.72. The minimum absolute atomic E-state index is 0.259. The van der Waals surface area contributed by atoms with Crippen LogP contribution in [0, 0.1) is 6.92 Å². The lowest BCUT2D eigenvalue weighted by Crippen LogP contribution is -2.03. The summed E-state index contributed by atoms with van der Waals surface area (Å²) < 4.78 is 14.5. The summed E-state index contributed by atoms with van der Waals surface area (Å²) in [5.41, 5.74) is 0.561. The van der Waals surface area contributed by atoms with E-state index in [0.29, 0.717) is 17.2 Å². The molecule has 2 rings (SSSR count). The van der Waals surface area contributed by atoms with Crippen LogP contribution in [-0.4, -0.2) is 23.2 Å². The molecule has 0 amide bonds. The predicted octanol–water partition coefficient (Wildman–Crippen LogP) is 1.42. The van der Waals surface area contributed by atoms with Crippen molar-refractivity contribution < 1.29 is 18.5 Å². The van der Waals surface area contributed by atoms with Gasteiger partial charge >= 0.3 is 5.97 Å². The lowest BCUT2D eigenvalue weighted by Gasteiger charge is -1.96. The van der Waals surface area contributed by atoms with E-state index in [2.05, 4.69) is 14.9 Å². The quantitative estimate of drug-likeness (QED) is 0.694. The van der Waals surface area contributed by atoms with Crippen LogP contribution in [0.1, 0.15) is 16.1 Å². The van der Waals surface area contributed by atoms with Crippen molar-refractivity contribution in [1.29, 1.82) is 0 Å². The monoisotopic (exact) mass is 208 g/mol. The highest BCUT2D eigenvalue weighted by Crippen LogP contribution is 2.25. The molecule has 78 valence electrons. The van der Waals surface area contributed by atoms with E-state index in [1.165, 1.54) is 19.7 Å². The molecule has 0 aliphatic rings. The predicted molar refractivity (Wildman–Crippen MR) is 48.1 cm³/mol. The molecule has 0 saturated carbocycles. The van der Waals surface area contributed by atoms with Crippen molar-refractivity contribution in [2.75, 3.05) is 7.11 Å². The number of carbonyl (C=O) groups excluding carboxylic acids is 1. The molecular weight excluding hydrogens is 200 g/mol. The van der Waals surface area contributed by atoms with Crippen LogP contribution in [0.2, 0.25) is 0 Å². The van der Waals surface area contributed by atoms with Crippen LogP contribution in [0.5, 0.6) is 0 Å². The van der Waals surface area contributed by atoms with Crippen LogP contribution in [0.4, 0.5) is 0 Å². The molecule has 0 atom stereocenters. The second-order valence-corrected chi connectivity index (χ2v) is 2.82. The molecule has 2 aromatic heterocycles. The van der Waals surface area contributed by atoms with E-state index in [0.717, 1.165) is 0 Å². The van der Waals surface area contributed by atoms with E-state index < -0.39 is 5.97 Å². The molecule has 0 spiro atoms. The summed E-state index contributed by atoms with van der Waals surface area (Å²) in [6, 6.07) is 0. The first-order chi connectivity index (χ1) is 7.24. The molecular formula is C9H8N2O4. The number of rotatable bonds is 2. The number of methoxy groups -OCH3 is 1. The zero-order valence-electron chi connectivity index (χ0n) is 8.18. The first-order valence-corrected chi connectivity index (χ1v) is 4.17. The summed E-state index contributed by atoms with van der Waals surface area (Å²) >= 11 is 0. The Kier molecular flexibility index (Phi) is 2.24. The Morgan fingerprint density at radius 3 is 2.93 bits per heavy atom. The van der Waals surface area contributed by atoms with Gasteiger partial charge in [0.2, 0.25) is 0 Å². The van der Waals surface area contributed by atoms with Crippen LogP contribution in [0.3, 0.4) is 0 Å². The highest BCUT2D eigenvalue weighted by molar-refractivity contribution is 5.96. The number of aromatic nitrogens is 2. The third kappa shape index (κ3) is 1.50. The molecule has 0 saturated heterocycles. The van der Waals surface area contributed by atoms with Gasteiger partial charge in [0.25, 0.3) is 0 Å². The lowest BCUT2D eigenvalue weighted by molar-refractivity contribution is 0.0599. The third-order valence-corrected chi connectivity index (χ3v) is 1.92. The van der Waals surface area contributed by atoms with Gasteiger partial charge in [-0.25, -0.2) is 9.78 Å². The molecule has 0 unspecified atom stereocenters. The second-order valence-electron chi connectivity index (χ2n) is 2.82. The van der Waals surface area contributed by atoms with Crippen molar-refractivity contribution >= 4 is 5.97 Å². The van der Waals surface area contributed by atoms with E-state index >= 15 is 0 Å². The maximum absolute atomic E-state index is 11.4. The average Bonchev–Trinajstić information content (AvgIpc) is 2.85. The summed E-state index contributed by atoms with van der Waals surface area (Å²) in [6.07, 6.45) is 2.70. The lowest BCUT2D eigenvalue weighted by atomic mass is 10.2. The van der Waals surface area contributed by atoms with Crippen LogP contribution >= 0.6 is 0 Å². The summed E-state index contributed by atoms with van der Waals surface area (Å²) in [5.74, 6) is 0.237. The van der Waals surface area contributed by atoms with Gasteiger partial charge in [0, 0.05) is 0 Å². The molecule has 0 aliphatic carbocycles. The van der Waals surface area contributed by atoms with Crippen LogP contribution < -0.4 is 0 Å². The number of oxazole rings is 1. The molecule has 0 aromatic carbocycles. The van der Waals surface area contributed by atoms with Gasteiger partial charge in [-0.05, 0) is 6.92 Å². The molecule has 6 nitrogen and oxygen atoms in total. The fourth-order valence-electron chi connectivity index (χ4n) is 1.22. The maximum atomic E-state index is 11.4. The molecule has 0 fully saturated rings. The Hall–Kier alpha value is -2.11. The van der Waals surface area contributed by atoms with E-state index in [4.69, 9.17) is 8.94 Å². The molecule has 2 aromatic rings. The van der Waals surface area contributed by atoms with Crippen molar-refractivity contribution in [3.8, 4) is 11.5 Å². The van der Waals surface area contributed by atoms with Crippen LogP contribution in [0.15, 0.2) is 21.5 Å². The Morgan fingerprint density at radius 1 is 1.53 bits per heavy atom. The fraction of sp³-hybridized carbons (Fsp3) is 0.222. The smallest absolute Gasteiger partial charge is 0.343 e. The van der Waals surface area contributed by atoms with Crippen LogP contribution in [0.25, 0.3) is 11.5 Å². The highest BCUT2D eigenvalue weighted by atomic mass is 16.5. The van der Waals surface area contributed by atoms with E-state index in [-0.39, 0.29) is 5.56 Å². The topological polar surface area (TPSA) is 78.4 Å². The van der Waals surface area contributed by atoms with Gasteiger partial charge in [-0.1, -0.05) is 5.16 Å². The Morgan fingerprint density at radius 2 is 2.33 bits per heavy atom. The number of aryl methyl sites for hydroxylation is 1. The average molecular weight is 208 g/mol. The Balaban J connectivity index is 2.54. The standard InChI is InChI=1S/C9H8N2O4/c1-5-7(9(12)13-2)8(11-15-5)6-3-10-4-14-6/h3-4H,1-2H3. The minimum Gasteiger partial charge on any atom is -0.465 e.